The lowest BCUT2D eigenvalue weighted by Crippen LogP contribution is -2.47. The summed E-state index contributed by atoms with van der Waals surface area (Å²) in [5, 5.41) is 0. The molecule has 0 aromatic carbocycles. The van der Waals surface area contributed by atoms with E-state index in [-0.39, 0.29) is 0 Å². The van der Waals surface area contributed by atoms with Gasteiger partial charge in [0.05, 0.1) is 0 Å². The molecule has 2 fully saturated rings. The summed E-state index contributed by atoms with van der Waals surface area (Å²) in [6, 6.07) is 0.765. The van der Waals surface area contributed by atoms with Crippen LogP contribution in [-0.4, -0.2) is 56.1 Å². The number of nitrogens with zero attached hydrogens (tertiary/aromatic N) is 2. The first-order valence-corrected chi connectivity index (χ1v) is 8.13. The van der Waals surface area contributed by atoms with Crippen LogP contribution < -0.4 is 5.73 Å². The third-order valence-corrected chi connectivity index (χ3v) is 5.42. The summed E-state index contributed by atoms with van der Waals surface area (Å²) in [5.41, 5.74) is 6.54. The summed E-state index contributed by atoms with van der Waals surface area (Å²) in [4.78, 5) is 5.08. The fraction of sp³-hybridized carbons (Fsp3) is 1.00. The summed E-state index contributed by atoms with van der Waals surface area (Å²) in [5.74, 6) is 0.861. The van der Waals surface area contributed by atoms with Gasteiger partial charge >= 0.3 is 0 Å². The normalized spacial score (nSPS) is 37.1. The Labute approximate surface area is 119 Å². The molecule has 0 radical (unpaired) electrons. The van der Waals surface area contributed by atoms with Crippen LogP contribution in [0.15, 0.2) is 0 Å². The zero-order chi connectivity index (χ0) is 13.9. The minimum absolute atomic E-state index is 0.392. The number of hydrogen-bond donors (Lipinski definition) is 1. The molecule has 19 heavy (non-hydrogen) atoms. The SMILES string of the molecule is CC1CCCC(CN)(CN(C)CC2CCCN2C)C1. The smallest absolute Gasteiger partial charge is 0.0220 e. The number of nitrogens with two attached hydrogens (primary N) is 1. The van der Waals surface area contributed by atoms with Gasteiger partial charge in [0, 0.05) is 19.1 Å². The van der Waals surface area contributed by atoms with Gasteiger partial charge in [-0.2, -0.15) is 0 Å². The van der Waals surface area contributed by atoms with Crippen molar-refractivity contribution in [1.82, 2.24) is 9.80 Å². The van der Waals surface area contributed by atoms with E-state index in [0.29, 0.717) is 5.41 Å². The van der Waals surface area contributed by atoms with Crippen molar-refractivity contribution in [2.75, 3.05) is 40.3 Å². The molecule has 1 aliphatic carbocycles. The number of likely N-dealkylation sites (N-methyl/N-ethyl adjacent to an activating group) is 2. The topological polar surface area (TPSA) is 32.5 Å². The quantitative estimate of drug-likeness (QED) is 0.828. The minimum Gasteiger partial charge on any atom is -0.330 e. The van der Waals surface area contributed by atoms with Crippen LogP contribution in [0.4, 0.5) is 0 Å². The first-order chi connectivity index (χ1) is 9.04. The highest BCUT2D eigenvalue weighted by Crippen LogP contribution is 2.39. The first-order valence-electron chi connectivity index (χ1n) is 8.13. The molecule has 112 valence electrons. The van der Waals surface area contributed by atoms with Crippen molar-refractivity contribution in [3.8, 4) is 0 Å². The minimum atomic E-state index is 0.392. The summed E-state index contributed by atoms with van der Waals surface area (Å²) >= 11 is 0. The van der Waals surface area contributed by atoms with Crippen LogP contribution in [-0.2, 0) is 0 Å². The van der Waals surface area contributed by atoms with Gasteiger partial charge in [0.2, 0.25) is 0 Å². The van der Waals surface area contributed by atoms with E-state index in [1.165, 1.54) is 58.2 Å². The molecule has 0 aromatic heterocycles. The molecule has 3 heteroatoms. The maximum atomic E-state index is 6.15. The molecule has 0 aromatic rings. The van der Waals surface area contributed by atoms with Gasteiger partial charge in [-0.1, -0.05) is 19.8 Å². The lowest BCUT2D eigenvalue weighted by molar-refractivity contribution is 0.0894. The second kappa shape index (κ2) is 6.55. The first kappa shape index (κ1) is 15.3. The monoisotopic (exact) mass is 267 g/mol. The molecule has 1 saturated carbocycles. The van der Waals surface area contributed by atoms with Crippen LogP contribution in [0.25, 0.3) is 0 Å². The Morgan fingerprint density at radius 2 is 2.11 bits per heavy atom. The van der Waals surface area contributed by atoms with Crippen molar-refractivity contribution in [2.24, 2.45) is 17.1 Å². The second-order valence-corrected chi connectivity index (χ2v) is 7.38. The van der Waals surface area contributed by atoms with Crippen LogP contribution in [0, 0.1) is 11.3 Å². The molecule has 2 rings (SSSR count). The molecule has 1 aliphatic heterocycles. The van der Waals surface area contributed by atoms with E-state index >= 15 is 0 Å². The van der Waals surface area contributed by atoms with Gasteiger partial charge in [-0.25, -0.2) is 0 Å². The highest BCUT2D eigenvalue weighted by Gasteiger charge is 2.35. The Kier molecular flexibility index (Phi) is 5.27. The van der Waals surface area contributed by atoms with E-state index < -0.39 is 0 Å². The molecule has 3 nitrogen and oxygen atoms in total. The Hall–Kier alpha value is -0.120. The van der Waals surface area contributed by atoms with E-state index in [1.54, 1.807) is 0 Å². The molecular formula is C16H33N3. The largest absolute Gasteiger partial charge is 0.330 e. The number of rotatable bonds is 5. The third-order valence-electron chi connectivity index (χ3n) is 5.42. The highest BCUT2D eigenvalue weighted by atomic mass is 15.2. The van der Waals surface area contributed by atoms with Crippen LogP contribution >= 0.6 is 0 Å². The average molecular weight is 267 g/mol. The molecule has 2 N–H and O–H groups in total. The summed E-state index contributed by atoms with van der Waals surface area (Å²) in [6.07, 6.45) is 8.17. The molecule has 0 amide bonds. The maximum absolute atomic E-state index is 6.15. The van der Waals surface area contributed by atoms with Gasteiger partial charge in [0.15, 0.2) is 0 Å². The number of hydrogen-bond acceptors (Lipinski definition) is 3. The Morgan fingerprint density at radius 1 is 1.32 bits per heavy atom. The van der Waals surface area contributed by atoms with E-state index in [1.807, 2.05) is 0 Å². The van der Waals surface area contributed by atoms with Crippen molar-refractivity contribution < 1.29 is 0 Å². The zero-order valence-electron chi connectivity index (χ0n) is 13.2. The highest BCUT2D eigenvalue weighted by molar-refractivity contribution is 4.89. The molecule has 2 aliphatic rings. The van der Waals surface area contributed by atoms with Crippen molar-refractivity contribution in [1.29, 1.82) is 0 Å². The molecule has 0 bridgehead atoms. The predicted octanol–water partition coefficient (Wildman–Crippen LogP) is 2.17. The van der Waals surface area contributed by atoms with E-state index in [2.05, 4.69) is 30.8 Å². The van der Waals surface area contributed by atoms with Crippen LogP contribution in [0.2, 0.25) is 0 Å². The number of likely N-dealkylation sites (tertiary alicyclic amines) is 1. The van der Waals surface area contributed by atoms with E-state index in [0.717, 1.165) is 18.5 Å². The van der Waals surface area contributed by atoms with Crippen molar-refractivity contribution in [3.05, 3.63) is 0 Å². The van der Waals surface area contributed by atoms with Gasteiger partial charge < -0.3 is 15.5 Å². The van der Waals surface area contributed by atoms with Gasteiger partial charge in [-0.3, -0.25) is 0 Å². The fourth-order valence-corrected chi connectivity index (χ4v) is 4.37. The van der Waals surface area contributed by atoms with Crippen molar-refractivity contribution in [3.63, 3.8) is 0 Å². The molecule has 1 heterocycles. The molecule has 1 saturated heterocycles. The van der Waals surface area contributed by atoms with Crippen LogP contribution in [0.5, 0.6) is 0 Å². The van der Waals surface area contributed by atoms with E-state index in [9.17, 15) is 0 Å². The fourth-order valence-electron chi connectivity index (χ4n) is 4.37. The maximum Gasteiger partial charge on any atom is 0.0220 e. The zero-order valence-corrected chi connectivity index (χ0v) is 13.2. The van der Waals surface area contributed by atoms with Gasteiger partial charge in [0.25, 0.3) is 0 Å². The summed E-state index contributed by atoms with van der Waals surface area (Å²) in [6.45, 7) is 6.94. The predicted molar refractivity (Wildman–Crippen MR) is 82.3 cm³/mol. The average Bonchev–Trinajstić information content (AvgIpc) is 2.75. The molecular weight excluding hydrogens is 234 g/mol. The Morgan fingerprint density at radius 3 is 2.68 bits per heavy atom. The molecule has 3 unspecified atom stereocenters. The van der Waals surface area contributed by atoms with Gasteiger partial charge in [0.1, 0.15) is 0 Å². The standard InChI is InChI=1S/C16H33N3/c1-14-6-4-8-16(10-14,12-17)13-18(2)11-15-7-5-9-19(15)3/h14-15H,4-13,17H2,1-3H3. The summed E-state index contributed by atoms with van der Waals surface area (Å²) in [7, 11) is 4.57. The second-order valence-electron chi connectivity index (χ2n) is 7.38. The summed E-state index contributed by atoms with van der Waals surface area (Å²) < 4.78 is 0. The van der Waals surface area contributed by atoms with Crippen molar-refractivity contribution >= 4 is 0 Å². The van der Waals surface area contributed by atoms with Crippen molar-refractivity contribution in [2.45, 2.75) is 51.5 Å². The lowest BCUT2D eigenvalue weighted by Gasteiger charge is -2.42. The molecule has 3 atom stereocenters. The Bertz CT molecular complexity index is 281. The lowest BCUT2D eigenvalue weighted by atomic mass is 9.70. The van der Waals surface area contributed by atoms with Crippen LogP contribution in [0.3, 0.4) is 0 Å². The van der Waals surface area contributed by atoms with Gasteiger partial charge in [-0.05, 0) is 64.2 Å². The van der Waals surface area contributed by atoms with E-state index in [4.69, 9.17) is 5.73 Å². The third kappa shape index (κ3) is 3.93. The van der Waals surface area contributed by atoms with Crippen LogP contribution in [0.1, 0.15) is 45.4 Å². The molecule has 0 spiro atoms. The Balaban J connectivity index is 1.86. The van der Waals surface area contributed by atoms with Gasteiger partial charge in [-0.15, -0.1) is 0 Å².